The van der Waals surface area contributed by atoms with Crippen LogP contribution in [-0.2, 0) is 14.4 Å². The van der Waals surface area contributed by atoms with Gasteiger partial charge in [-0.2, -0.15) is 0 Å². The lowest BCUT2D eigenvalue weighted by atomic mass is 9.76. The second kappa shape index (κ2) is 13.1. The highest BCUT2D eigenvalue weighted by Crippen LogP contribution is 2.52. The molecule has 1 unspecified atom stereocenters. The number of hydrogen-bond donors (Lipinski definition) is 0. The lowest BCUT2D eigenvalue weighted by Crippen LogP contribution is -2.33. The first kappa shape index (κ1) is 24.0. The van der Waals surface area contributed by atoms with E-state index in [0.717, 1.165) is 32.0 Å². The molecule has 0 heterocycles. The van der Waals surface area contributed by atoms with E-state index < -0.39 is 0 Å². The van der Waals surface area contributed by atoms with Crippen LogP contribution in [0.3, 0.4) is 0 Å². The SMILES string of the molecule is CCCCCCCCC(=O)[C@@H]1[C@H](C(=O)CCCCCCCC)[C@H]2C=C[C@@H]1C2C=O. The van der Waals surface area contributed by atoms with Gasteiger partial charge in [0.1, 0.15) is 17.9 Å². The van der Waals surface area contributed by atoms with Crippen LogP contribution in [0.2, 0.25) is 0 Å². The van der Waals surface area contributed by atoms with Gasteiger partial charge in [-0.1, -0.05) is 90.2 Å². The number of carbonyl (C=O) groups is 3. The monoisotopic (exact) mass is 402 g/mol. The van der Waals surface area contributed by atoms with Crippen molar-refractivity contribution in [1.29, 1.82) is 0 Å². The molecular formula is C26H42O3. The molecule has 29 heavy (non-hydrogen) atoms. The third-order valence-corrected chi connectivity index (χ3v) is 7.11. The average molecular weight is 403 g/mol. The van der Waals surface area contributed by atoms with E-state index in [9.17, 15) is 14.4 Å². The second-order valence-corrected chi connectivity index (χ2v) is 9.27. The molecule has 164 valence electrons. The van der Waals surface area contributed by atoms with Crippen LogP contribution in [-0.4, -0.2) is 17.9 Å². The van der Waals surface area contributed by atoms with Crippen molar-refractivity contribution < 1.29 is 14.4 Å². The number of carbonyl (C=O) groups excluding carboxylic acids is 3. The molecule has 0 amide bonds. The van der Waals surface area contributed by atoms with Gasteiger partial charge in [0, 0.05) is 30.6 Å². The van der Waals surface area contributed by atoms with Crippen molar-refractivity contribution in [3.63, 3.8) is 0 Å². The average Bonchev–Trinajstić information content (AvgIpc) is 3.28. The van der Waals surface area contributed by atoms with E-state index in [-0.39, 0.29) is 41.2 Å². The summed E-state index contributed by atoms with van der Waals surface area (Å²) >= 11 is 0. The van der Waals surface area contributed by atoms with E-state index in [1.165, 1.54) is 51.4 Å². The summed E-state index contributed by atoms with van der Waals surface area (Å²) in [6, 6.07) is 0. The van der Waals surface area contributed by atoms with Gasteiger partial charge < -0.3 is 4.79 Å². The fourth-order valence-corrected chi connectivity index (χ4v) is 5.47. The molecule has 0 aromatic carbocycles. The number of allylic oxidation sites excluding steroid dienone is 2. The van der Waals surface area contributed by atoms with Gasteiger partial charge in [-0.15, -0.1) is 0 Å². The van der Waals surface area contributed by atoms with Crippen LogP contribution in [0.15, 0.2) is 12.2 Å². The predicted molar refractivity (Wildman–Crippen MR) is 119 cm³/mol. The van der Waals surface area contributed by atoms with Gasteiger partial charge >= 0.3 is 0 Å². The van der Waals surface area contributed by atoms with Crippen LogP contribution in [0.5, 0.6) is 0 Å². The zero-order valence-corrected chi connectivity index (χ0v) is 18.7. The standard InChI is InChI=1S/C26H42O3/c1-3-5-7-9-11-13-15-23(28)25-20-17-18-21(22(20)19-27)26(25)24(29)16-14-12-10-8-6-4-2/h17-22,25-26H,3-16H2,1-2H3/t20-,21+,22?,25-,26+. The van der Waals surface area contributed by atoms with E-state index in [0.29, 0.717) is 12.8 Å². The van der Waals surface area contributed by atoms with Crippen molar-refractivity contribution in [2.45, 2.75) is 104 Å². The zero-order chi connectivity index (χ0) is 21.1. The predicted octanol–water partition coefficient (Wildman–Crippen LogP) is 6.49. The summed E-state index contributed by atoms with van der Waals surface area (Å²) in [5.74, 6) is -0.276. The third-order valence-electron chi connectivity index (χ3n) is 7.11. The fraction of sp³-hybridized carbons (Fsp3) is 0.808. The minimum Gasteiger partial charge on any atom is -0.303 e. The highest BCUT2D eigenvalue weighted by atomic mass is 16.1. The van der Waals surface area contributed by atoms with Crippen molar-refractivity contribution >= 4 is 17.9 Å². The van der Waals surface area contributed by atoms with Crippen LogP contribution in [0, 0.1) is 29.6 Å². The Bertz CT molecular complexity index is 506. The maximum Gasteiger partial charge on any atom is 0.137 e. The van der Waals surface area contributed by atoms with E-state index in [1.54, 1.807) is 0 Å². The van der Waals surface area contributed by atoms with E-state index in [1.807, 2.05) is 12.2 Å². The molecule has 0 radical (unpaired) electrons. The molecule has 0 aromatic rings. The number of Topliss-reactive ketones (excluding diaryl/α,β-unsaturated/α-hetero) is 2. The summed E-state index contributed by atoms with van der Waals surface area (Å²) < 4.78 is 0. The summed E-state index contributed by atoms with van der Waals surface area (Å²) in [4.78, 5) is 37.8. The summed E-state index contributed by atoms with van der Waals surface area (Å²) in [7, 11) is 0. The van der Waals surface area contributed by atoms with Gasteiger partial charge in [-0.25, -0.2) is 0 Å². The normalized spacial score (nSPS) is 27.4. The highest BCUT2D eigenvalue weighted by Gasteiger charge is 2.56. The smallest absolute Gasteiger partial charge is 0.137 e. The molecule has 2 rings (SSSR count). The minimum absolute atomic E-state index is 0.0383. The first-order valence-electron chi connectivity index (χ1n) is 12.3. The molecule has 0 N–H and O–H groups in total. The Kier molecular flexibility index (Phi) is 10.9. The molecule has 5 atom stereocenters. The molecule has 0 aromatic heterocycles. The first-order chi connectivity index (χ1) is 14.2. The van der Waals surface area contributed by atoms with Gasteiger partial charge in [0.15, 0.2) is 0 Å². The van der Waals surface area contributed by atoms with E-state index in [4.69, 9.17) is 0 Å². The van der Waals surface area contributed by atoms with Crippen LogP contribution in [0.4, 0.5) is 0 Å². The van der Waals surface area contributed by atoms with Crippen LogP contribution < -0.4 is 0 Å². The summed E-state index contributed by atoms with van der Waals surface area (Å²) in [6.45, 7) is 4.41. The summed E-state index contributed by atoms with van der Waals surface area (Å²) in [6.07, 6.45) is 20.1. The largest absolute Gasteiger partial charge is 0.303 e. The number of rotatable bonds is 17. The molecule has 2 aliphatic carbocycles. The lowest BCUT2D eigenvalue weighted by Gasteiger charge is -2.26. The van der Waals surface area contributed by atoms with E-state index >= 15 is 0 Å². The quantitative estimate of drug-likeness (QED) is 0.159. The molecule has 2 aliphatic rings. The maximum atomic E-state index is 13.0. The molecule has 2 bridgehead atoms. The minimum atomic E-state index is -0.247. The van der Waals surface area contributed by atoms with Gasteiger partial charge in [0.25, 0.3) is 0 Å². The Morgan fingerprint density at radius 1 is 0.655 bits per heavy atom. The molecule has 3 nitrogen and oxygen atoms in total. The summed E-state index contributed by atoms with van der Waals surface area (Å²) in [5, 5.41) is 0. The Labute approximate surface area is 178 Å². The Balaban J connectivity index is 1.87. The van der Waals surface area contributed by atoms with Crippen molar-refractivity contribution in [3.05, 3.63) is 12.2 Å². The zero-order valence-electron chi connectivity index (χ0n) is 18.7. The maximum absolute atomic E-state index is 13.0. The fourth-order valence-electron chi connectivity index (χ4n) is 5.47. The summed E-state index contributed by atoms with van der Waals surface area (Å²) in [5.41, 5.74) is 0. The Hall–Kier alpha value is -1.25. The number of aldehydes is 1. The lowest BCUT2D eigenvalue weighted by molar-refractivity contribution is -0.133. The molecule has 0 saturated heterocycles. The van der Waals surface area contributed by atoms with Crippen LogP contribution in [0.25, 0.3) is 0 Å². The number of fused-ring (bicyclic) bond motifs is 2. The second-order valence-electron chi connectivity index (χ2n) is 9.27. The van der Waals surface area contributed by atoms with Crippen molar-refractivity contribution in [3.8, 4) is 0 Å². The molecule has 0 aliphatic heterocycles. The third kappa shape index (κ3) is 6.62. The van der Waals surface area contributed by atoms with Crippen molar-refractivity contribution in [1.82, 2.24) is 0 Å². The Morgan fingerprint density at radius 3 is 1.41 bits per heavy atom. The van der Waals surface area contributed by atoms with Gasteiger partial charge in [-0.05, 0) is 24.7 Å². The molecule has 1 saturated carbocycles. The first-order valence-corrected chi connectivity index (χ1v) is 12.3. The number of ketones is 2. The highest BCUT2D eigenvalue weighted by molar-refractivity contribution is 5.93. The molecule has 0 spiro atoms. The van der Waals surface area contributed by atoms with Gasteiger partial charge in [0.2, 0.25) is 0 Å². The Morgan fingerprint density at radius 2 is 1.03 bits per heavy atom. The number of unbranched alkanes of at least 4 members (excludes halogenated alkanes) is 10. The van der Waals surface area contributed by atoms with Crippen molar-refractivity contribution in [2.24, 2.45) is 29.6 Å². The van der Waals surface area contributed by atoms with Crippen LogP contribution in [0.1, 0.15) is 104 Å². The van der Waals surface area contributed by atoms with Gasteiger partial charge in [0.05, 0.1) is 0 Å². The van der Waals surface area contributed by atoms with Crippen molar-refractivity contribution in [2.75, 3.05) is 0 Å². The molecular weight excluding hydrogens is 360 g/mol. The molecule has 3 heteroatoms. The van der Waals surface area contributed by atoms with Crippen LogP contribution >= 0.6 is 0 Å². The van der Waals surface area contributed by atoms with E-state index in [2.05, 4.69) is 13.8 Å². The van der Waals surface area contributed by atoms with Gasteiger partial charge in [-0.3, -0.25) is 9.59 Å². The topological polar surface area (TPSA) is 51.2 Å². The molecule has 1 fully saturated rings. The number of hydrogen-bond acceptors (Lipinski definition) is 3.